The quantitative estimate of drug-likeness (QED) is 0.624. The maximum absolute atomic E-state index is 12.9. The van der Waals surface area contributed by atoms with Gasteiger partial charge < -0.3 is 4.74 Å². The molecule has 0 saturated carbocycles. The van der Waals surface area contributed by atoms with Gasteiger partial charge in [-0.15, -0.1) is 0 Å². The Morgan fingerprint density at radius 1 is 1.26 bits per heavy atom. The molecule has 27 heavy (non-hydrogen) atoms. The van der Waals surface area contributed by atoms with Gasteiger partial charge in [0.25, 0.3) is 5.91 Å². The van der Waals surface area contributed by atoms with Crippen molar-refractivity contribution in [3.8, 4) is 0 Å². The molecule has 0 bridgehead atoms. The standard InChI is InChI=1S/C16H17FN4O4S2/c17-13-9-19-16(26-13)20-15(22)14(18)10-1-3-12(4-2-10)27(23,24)21-11-5-7-25-8-6-11/h1-4,9,11,18,21H,5-8H2,(H,19,20,22). The fraction of sp³-hybridized carbons (Fsp3) is 0.312. The summed E-state index contributed by atoms with van der Waals surface area (Å²) in [7, 11) is -3.69. The van der Waals surface area contributed by atoms with Crippen LogP contribution in [0.25, 0.3) is 0 Å². The van der Waals surface area contributed by atoms with Crippen LogP contribution in [0, 0.1) is 10.5 Å². The Morgan fingerprint density at radius 3 is 2.52 bits per heavy atom. The van der Waals surface area contributed by atoms with Crippen LogP contribution in [0.2, 0.25) is 0 Å². The number of nitrogens with one attached hydrogen (secondary N) is 3. The summed E-state index contributed by atoms with van der Waals surface area (Å²) in [4.78, 5) is 15.7. The zero-order valence-corrected chi connectivity index (χ0v) is 15.7. The van der Waals surface area contributed by atoms with Crippen LogP contribution in [-0.4, -0.2) is 44.3 Å². The summed E-state index contributed by atoms with van der Waals surface area (Å²) in [5.74, 6) is -0.764. The van der Waals surface area contributed by atoms with Crippen LogP contribution in [0.3, 0.4) is 0 Å². The average molecular weight is 412 g/mol. The number of sulfonamides is 1. The monoisotopic (exact) mass is 412 g/mol. The molecule has 1 saturated heterocycles. The van der Waals surface area contributed by atoms with E-state index in [9.17, 15) is 17.6 Å². The van der Waals surface area contributed by atoms with E-state index >= 15 is 0 Å². The van der Waals surface area contributed by atoms with E-state index in [1.54, 1.807) is 0 Å². The fourth-order valence-corrected chi connectivity index (χ4v) is 4.35. The van der Waals surface area contributed by atoms with E-state index in [-0.39, 0.29) is 27.3 Å². The molecule has 0 spiro atoms. The molecule has 0 aliphatic carbocycles. The summed E-state index contributed by atoms with van der Waals surface area (Å²) in [5, 5.41) is 9.73. The zero-order chi connectivity index (χ0) is 19.4. The molecule has 1 aliphatic heterocycles. The molecular formula is C16H17FN4O4S2. The van der Waals surface area contributed by atoms with Gasteiger partial charge in [0.2, 0.25) is 10.0 Å². The van der Waals surface area contributed by atoms with Crippen molar-refractivity contribution in [3.63, 3.8) is 0 Å². The molecule has 1 amide bonds. The molecule has 11 heteroatoms. The van der Waals surface area contributed by atoms with Gasteiger partial charge in [-0.25, -0.2) is 18.1 Å². The highest BCUT2D eigenvalue weighted by Crippen LogP contribution is 2.17. The maximum atomic E-state index is 12.9. The van der Waals surface area contributed by atoms with Gasteiger partial charge in [0.15, 0.2) is 10.3 Å². The number of anilines is 1. The lowest BCUT2D eigenvalue weighted by molar-refractivity contribution is -0.110. The molecule has 1 aromatic carbocycles. The van der Waals surface area contributed by atoms with Crippen LogP contribution in [0.4, 0.5) is 9.52 Å². The summed E-state index contributed by atoms with van der Waals surface area (Å²) >= 11 is 0.648. The van der Waals surface area contributed by atoms with Crippen molar-refractivity contribution in [3.05, 3.63) is 41.2 Å². The SMILES string of the molecule is N=C(C(=O)Nc1ncc(F)s1)c1ccc(S(=O)(=O)NC2CCOCC2)cc1. The van der Waals surface area contributed by atoms with Crippen molar-refractivity contribution in [2.24, 2.45) is 0 Å². The van der Waals surface area contributed by atoms with Gasteiger partial charge in [0, 0.05) is 24.8 Å². The number of halogens is 1. The van der Waals surface area contributed by atoms with Gasteiger partial charge in [-0.05, 0) is 25.0 Å². The second-order valence-corrected chi connectivity index (χ2v) is 8.53. The van der Waals surface area contributed by atoms with E-state index in [0.717, 1.165) is 6.20 Å². The van der Waals surface area contributed by atoms with Crippen LogP contribution in [0.15, 0.2) is 35.4 Å². The smallest absolute Gasteiger partial charge is 0.275 e. The molecule has 144 valence electrons. The van der Waals surface area contributed by atoms with Crippen molar-refractivity contribution in [1.29, 1.82) is 5.41 Å². The Hall–Kier alpha value is -2.21. The Bertz CT molecular complexity index is 938. The van der Waals surface area contributed by atoms with Crippen LogP contribution >= 0.6 is 11.3 Å². The third-order valence-corrected chi connectivity index (χ3v) is 6.16. The number of hydrogen-bond acceptors (Lipinski definition) is 7. The highest BCUT2D eigenvalue weighted by Gasteiger charge is 2.22. The topological polar surface area (TPSA) is 121 Å². The number of hydrogen-bond donors (Lipinski definition) is 3. The summed E-state index contributed by atoms with van der Waals surface area (Å²) in [6, 6.07) is 5.25. The van der Waals surface area contributed by atoms with E-state index in [2.05, 4.69) is 15.0 Å². The van der Waals surface area contributed by atoms with Crippen molar-refractivity contribution >= 4 is 38.1 Å². The first-order valence-electron chi connectivity index (χ1n) is 8.07. The van der Waals surface area contributed by atoms with Gasteiger partial charge >= 0.3 is 0 Å². The van der Waals surface area contributed by atoms with Crippen LogP contribution in [-0.2, 0) is 19.6 Å². The number of benzene rings is 1. The Kier molecular flexibility index (Phi) is 5.95. The summed E-state index contributed by atoms with van der Waals surface area (Å²) in [6.07, 6.45) is 2.19. The minimum atomic E-state index is -3.69. The normalized spacial score (nSPS) is 15.4. The minimum Gasteiger partial charge on any atom is -0.381 e. The molecule has 2 heterocycles. The average Bonchev–Trinajstić information content (AvgIpc) is 3.06. The largest absolute Gasteiger partial charge is 0.381 e. The number of thiazole rings is 1. The van der Waals surface area contributed by atoms with Crippen molar-refractivity contribution in [2.45, 2.75) is 23.8 Å². The van der Waals surface area contributed by atoms with Crippen LogP contribution in [0.5, 0.6) is 0 Å². The molecule has 1 fully saturated rings. The molecule has 3 rings (SSSR count). The molecule has 1 aliphatic rings. The van der Waals surface area contributed by atoms with Gasteiger partial charge in [-0.1, -0.05) is 23.5 Å². The Balaban J connectivity index is 1.66. The number of carbonyl (C=O) groups is 1. The predicted octanol–water partition coefficient (Wildman–Crippen LogP) is 1.75. The fourth-order valence-electron chi connectivity index (χ4n) is 2.51. The van der Waals surface area contributed by atoms with Crippen LogP contribution < -0.4 is 10.0 Å². The van der Waals surface area contributed by atoms with E-state index in [1.807, 2.05) is 0 Å². The molecular weight excluding hydrogens is 395 g/mol. The summed E-state index contributed by atoms with van der Waals surface area (Å²) in [6.45, 7) is 1.03. The van der Waals surface area contributed by atoms with Gasteiger partial charge in [0.1, 0.15) is 5.71 Å². The molecule has 1 aromatic heterocycles. The Morgan fingerprint density at radius 2 is 1.93 bits per heavy atom. The molecule has 0 unspecified atom stereocenters. The number of amides is 1. The number of rotatable bonds is 6. The second kappa shape index (κ2) is 8.21. The second-order valence-electron chi connectivity index (χ2n) is 5.83. The summed E-state index contributed by atoms with van der Waals surface area (Å²) < 4.78 is 45.6. The third-order valence-electron chi connectivity index (χ3n) is 3.92. The third kappa shape index (κ3) is 4.95. The first-order chi connectivity index (χ1) is 12.8. The lowest BCUT2D eigenvalue weighted by Gasteiger charge is -2.23. The minimum absolute atomic E-state index is 0.0436. The van der Waals surface area contributed by atoms with E-state index in [0.29, 0.717) is 37.4 Å². The molecule has 3 N–H and O–H groups in total. The Labute approximate surface area is 159 Å². The van der Waals surface area contributed by atoms with Crippen molar-refractivity contribution in [2.75, 3.05) is 18.5 Å². The highest BCUT2D eigenvalue weighted by atomic mass is 32.2. The zero-order valence-electron chi connectivity index (χ0n) is 14.1. The number of aromatic nitrogens is 1. The molecule has 2 aromatic rings. The van der Waals surface area contributed by atoms with E-state index in [1.165, 1.54) is 24.3 Å². The van der Waals surface area contributed by atoms with E-state index in [4.69, 9.17) is 10.1 Å². The number of carbonyl (C=O) groups excluding carboxylic acids is 1. The van der Waals surface area contributed by atoms with Crippen molar-refractivity contribution < 1.29 is 22.3 Å². The van der Waals surface area contributed by atoms with Gasteiger partial charge in [-0.3, -0.25) is 15.5 Å². The highest BCUT2D eigenvalue weighted by molar-refractivity contribution is 7.89. The first-order valence-corrected chi connectivity index (χ1v) is 10.4. The lowest BCUT2D eigenvalue weighted by atomic mass is 10.1. The van der Waals surface area contributed by atoms with Crippen LogP contribution in [0.1, 0.15) is 18.4 Å². The maximum Gasteiger partial charge on any atom is 0.275 e. The summed E-state index contributed by atoms with van der Waals surface area (Å²) in [5.41, 5.74) is -0.151. The lowest BCUT2D eigenvalue weighted by Crippen LogP contribution is -2.38. The number of ether oxygens (including phenoxy) is 1. The number of nitrogens with zero attached hydrogens (tertiary/aromatic N) is 1. The van der Waals surface area contributed by atoms with Crippen molar-refractivity contribution in [1.82, 2.24) is 9.71 Å². The van der Waals surface area contributed by atoms with E-state index < -0.39 is 21.1 Å². The molecule has 0 atom stereocenters. The van der Waals surface area contributed by atoms with Gasteiger partial charge in [-0.2, -0.15) is 4.39 Å². The first kappa shape index (κ1) is 19.5. The molecule has 0 radical (unpaired) electrons. The van der Waals surface area contributed by atoms with Gasteiger partial charge in [0.05, 0.1) is 11.1 Å². The molecule has 8 nitrogen and oxygen atoms in total. The predicted molar refractivity (Wildman–Crippen MR) is 98.1 cm³/mol.